The highest BCUT2D eigenvalue weighted by molar-refractivity contribution is 6.32. The average Bonchev–Trinajstić information content (AvgIpc) is 2.86. The van der Waals surface area contributed by atoms with E-state index in [4.69, 9.17) is 21.1 Å². The number of anilines is 2. The summed E-state index contributed by atoms with van der Waals surface area (Å²) in [5, 5.41) is 3.70. The molecule has 9 heteroatoms. The zero-order valence-electron chi connectivity index (χ0n) is 20.6. The molecule has 2 aromatic heterocycles. The van der Waals surface area contributed by atoms with Crippen molar-refractivity contribution in [3.8, 4) is 11.5 Å². The number of amides is 1. The van der Waals surface area contributed by atoms with Crippen molar-refractivity contribution in [2.24, 2.45) is 0 Å². The molecule has 0 radical (unpaired) electrons. The fourth-order valence-corrected chi connectivity index (χ4v) is 3.41. The molecule has 0 aliphatic heterocycles. The van der Waals surface area contributed by atoms with Gasteiger partial charge in [-0.05, 0) is 56.3 Å². The van der Waals surface area contributed by atoms with Crippen LogP contribution in [0.1, 0.15) is 25.2 Å². The van der Waals surface area contributed by atoms with Crippen molar-refractivity contribution in [3.05, 3.63) is 89.6 Å². The highest BCUT2D eigenvalue weighted by Crippen LogP contribution is 2.29. The van der Waals surface area contributed by atoms with E-state index in [1.165, 1.54) is 6.33 Å². The Morgan fingerprint density at radius 1 is 1.03 bits per heavy atom. The van der Waals surface area contributed by atoms with Gasteiger partial charge in [0.25, 0.3) is 0 Å². The lowest BCUT2D eigenvalue weighted by Gasteiger charge is -2.18. The summed E-state index contributed by atoms with van der Waals surface area (Å²) in [7, 11) is 0. The summed E-state index contributed by atoms with van der Waals surface area (Å²) < 4.78 is 11.8. The molecule has 0 saturated heterocycles. The molecule has 0 aliphatic carbocycles. The molecule has 1 aromatic carbocycles. The first-order valence-electron chi connectivity index (χ1n) is 11.6. The zero-order valence-corrected chi connectivity index (χ0v) is 21.4. The average molecular weight is 508 g/mol. The van der Waals surface area contributed by atoms with E-state index in [9.17, 15) is 4.79 Å². The SMILES string of the molecule is CCN(CCOc1cccc(C)ncnc(Nc2ccc(OCc3ccccn3)c(Cl)c2)c1)C(C)=O. The lowest BCUT2D eigenvalue weighted by molar-refractivity contribution is -0.129. The van der Waals surface area contributed by atoms with Crippen LogP contribution in [-0.2, 0) is 11.4 Å². The Kier molecular flexibility index (Phi) is 10.3. The number of nitrogens with one attached hydrogen (secondary N) is 1. The largest absolute Gasteiger partial charge is 0.492 e. The topological polar surface area (TPSA) is 89.5 Å². The second-order valence-electron chi connectivity index (χ2n) is 7.80. The Morgan fingerprint density at radius 3 is 2.61 bits per heavy atom. The number of halogens is 1. The van der Waals surface area contributed by atoms with Gasteiger partial charge in [-0.3, -0.25) is 9.78 Å². The molecule has 0 aliphatic rings. The van der Waals surface area contributed by atoms with Crippen molar-refractivity contribution >= 4 is 29.0 Å². The molecule has 0 unspecified atom stereocenters. The number of ether oxygens (including phenoxy) is 2. The molecule has 36 heavy (non-hydrogen) atoms. The molecule has 0 saturated carbocycles. The Balaban J connectivity index is 1.77. The summed E-state index contributed by atoms with van der Waals surface area (Å²) in [6.45, 7) is 7.15. The number of rotatable bonds is 10. The van der Waals surface area contributed by atoms with Gasteiger partial charge in [0.15, 0.2) is 0 Å². The number of carbonyl (C=O) groups is 1. The minimum atomic E-state index is 0.0135. The van der Waals surface area contributed by atoms with Crippen molar-refractivity contribution in [2.45, 2.75) is 27.4 Å². The third-order valence-electron chi connectivity index (χ3n) is 5.10. The number of pyridine rings is 1. The van der Waals surface area contributed by atoms with Crippen LogP contribution in [0, 0.1) is 6.92 Å². The van der Waals surface area contributed by atoms with Crippen LogP contribution in [0.25, 0.3) is 0 Å². The summed E-state index contributed by atoms with van der Waals surface area (Å²) in [6, 6.07) is 18.4. The molecule has 0 bridgehead atoms. The van der Waals surface area contributed by atoms with Crippen molar-refractivity contribution in [3.63, 3.8) is 0 Å². The van der Waals surface area contributed by atoms with Crippen LogP contribution in [0.3, 0.4) is 0 Å². The van der Waals surface area contributed by atoms with Crippen LogP contribution in [0.15, 0.2) is 73.2 Å². The fraction of sp³-hybridized carbons (Fsp3) is 0.259. The minimum Gasteiger partial charge on any atom is -0.492 e. The van der Waals surface area contributed by atoms with Gasteiger partial charge in [0.2, 0.25) is 5.91 Å². The molecule has 2 heterocycles. The van der Waals surface area contributed by atoms with Gasteiger partial charge >= 0.3 is 0 Å². The van der Waals surface area contributed by atoms with Crippen molar-refractivity contribution in [1.82, 2.24) is 19.9 Å². The Bertz CT molecular complexity index is 1210. The number of carbonyl (C=O) groups excluding carboxylic acids is 1. The van der Waals surface area contributed by atoms with Gasteiger partial charge in [-0.25, -0.2) is 9.97 Å². The van der Waals surface area contributed by atoms with E-state index in [0.29, 0.717) is 48.6 Å². The van der Waals surface area contributed by atoms with Gasteiger partial charge in [-0.1, -0.05) is 23.7 Å². The maximum Gasteiger partial charge on any atom is 0.219 e. The number of hydrogen-bond acceptors (Lipinski definition) is 7. The normalized spacial score (nSPS) is 10.2. The second-order valence-corrected chi connectivity index (χ2v) is 8.21. The number of likely N-dealkylation sites (N-methyl/N-ethyl adjacent to an activating group) is 1. The van der Waals surface area contributed by atoms with Crippen LogP contribution in [0.2, 0.25) is 5.02 Å². The van der Waals surface area contributed by atoms with E-state index in [1.54, 1.807) is 36.2 Å². The fourth-order valence-electron chi connectivity index (χ4n) is 3.18. The smallest absolute Gasteiger partial charge is 0.219 e. The first-order chi connectivity index (χ1) is 17.4. The summed E-state index contributed by atoms with van der Waals surface area (Å²) in [4.78, 5) is 26.4. The Hall–Kier alpha value is -3.91. The second kappa shape index (κ2) is 13.8. The first-order valence-corrected chi connectivity index (χ1v) is 12.0. The maximum atomic E-state index is 11.7. The van der Waals surface area contributed by atoms with Crippen LogP contribution in [-0.4, -0.2) is 45.5 Å². The number of aromatic nitrogens is 3. The number of nitrogens with zero attached hydrogens (tertiary/aromatic N) is 4. The predicted molar refractivity (Wildman–Crippen MR) is 141 cm³/mol. The molecular weight excluding hydrogens is 478 g/mol. The van der Waals surface area contributed by atoms with Gasteiger partial charge in [-0.2, -0.15) is 0 Å². The lowest BCUT2D eigenvalue weighted by atomic mass is 10.3. The van der Waals surface area contributed by atoms with Gasteiger partial charge in [-0.15, -0.1) is 0 Å². The van der Waals surface area contributed by atoms with E-state index in [0.717, 1.165) is 17.1 Å². The molecule has 3 aromatic rings. The molecule has 3 rings (SSSR count). The molecule has 8 nitrogen and oxygen atoms in total. The van der Waals surface area contributed by atoms with E-state index in [1.807, 2.05) is 56.3 Å². The molecule has 1 amide bonds. The van der Waals surface area contributed by atoms with Crippen LogP contribution in [0.4, 0.5) is 11.5 Å². The van der Waals surface area contributed by atoms with Gasteiger partial charge in [0, 0.05) is 37.1 Å². The van der Waals surface area contributed by atoms with E-state index >= 15 is 0 Å². The summed E-state index contributed by atoms with van der Waals surface area (Å²) in [5.41, 5.74) is 2.32. The summed E-state index contributed by atoms with van der Waals surface area (Å²) in [6.07, 6.45) is 3.19. The van der Waals surface area contributed by atoms with E-state index < -0.39 is 0 Å². The lowest BCUT2D eigenvalue weighted by Crippen LogP contribution is -2.32. The monoisotopic (exact) mass is 507 g/mol. The highest BCUT2D eigenvalue weighted by atomic mass is 35.5. The van der Waals surface area contributed by atoms with Crippen LogP contribution in [0.5, 0.6) is 11.5 Å². The molecule has 188 valence electrons. The third-order valence-corrected chi connectivity index (χ3v) is 5.39. The van der Waals surface area contributed by atoms with E-state index in [-0.39, 0.29) is 5.91 Å². The number of hydrogen-bond donors (Lipinski definition) is 1. The van der Waals surface area contributed by atoms with Crippen LogP contribution < -0.4 is 14.8 Å². The quantitative estimate of drug-likeness (QED) is 0.386. The standard InChI is InChI=1S/C27H30ClN5O3/c1-4-33(21(3)34)14-15-35-24-10-7-8-20(2)30-19-31-27(17-24)32-22-11-12-26(25(28)16-22)36-18-23-9-5-6-13-29-23/h5-13,16-17,19H,4,14-15,18H2,1-3H3,(H,30,31,32). The molecule has 0 atom stereocenters. The Morgan fingerprint density at radius 2 is 1.89 bits per heavy atom. The predicted octanol–water partition coefficient (Wildman–Crippen LogP) is 5.53. The van der Waals surface area contributed by atoms with Crippen molar-refractivity contribution < 1.29 is 14.3 Å². The van der Waals surface area contributed by atoms with Crippen LogP contribution >= 0.6 is 11.6 Å². The number of aryl methyl sites for hydroxylation is 1. The maximum absolute atomic E-state index is 11.7. The highest BCUT2D eigenvalue weighted by Gasteiger charge is 2.07. The summed E-state index contributed by atoms with van der Waals surface area (Å²) in [5.74, 6) is 1.66. The van der Waals surface area contributed by atoms with Gasteiger partial charge < -0.3 is 19.7 Å². The molecule has 1 N–H and O–H groups in total. The van der Waals surface area contributed by atoms with Crippen molar-refractivity contribution in [2.75, 3.05) is 25.0 Å². The van der Waals surface area contributed by atoms with Crippen molar-refractivity contribution in [1.29, 1.82) is 0 Å². The zero-order chi connectivity index (χ0) is 25.8. The molecular formula is C27H30ClN5O3. The summed E-state index contributed by atoms with van der Waals surface area (Å²) >= 11 is 6.46. The van der Waals surface area contributed by atoms with Gasteiger partial charge in [0.05, 0.1) is 17.3 Å². The first kappa shape index (κ1) is 26.7. The number of benzene rings is 1. The minimum absolute atomic E-state index is 0.0135. The molecule has 0 fully saturated rings. The molecule has 0 spiro atoms. The van der Waals surface area contributed by atoms with Gasteiger partial charge in [0.1, 0.15) is 36.9 Å². The third kappa shape index (κ3) is 8.70. The van der Waals surface area contributed by atoms with E-state index in [2.05, 4.69) is 20.3 Å². The Labute approximate surface area is 216 Å².